The van der Waals surface area contributed by atoms with Crippen molar-refractivity contribution < 1.29 is 9.53 Å². The van der Waals surface area contributed by atoms with Gasteiger partial charge in [0, 0.05) is 25.3 Å². The molecule has 2 N–H and O–H groups in total. The number of aryl methyl sites for hydroxylation is 1. The van der Waals surface area contributed by atoms with Crippen LogP contribution in [0.4, 0.5) is 5.69 Å². The fourth-order valence-corrected chi connectivity index (χ4v) is 1.33. The SMILES string of the molecule is Cc1ccc(N)c(C)c1OCC(=O)N(C)C. The number of nitrogen functional groups attached to an aromatic ring is 1. The van der Waals surface area contributed by atoms with E-state index in [0.717, 1.165) is 11.1 Å². The molecule has 0 aliphatic heterocycles. The number of amides is 1. The van der Waals surface area contributed by atoms with E-state index in [-0.39, 0.29) is 12.5 Å². The largest absolute Gasteiger partial charge is 0.483 e. The summed E-state index contributed by atoms with van der Waals surface area (Å²) in [6.45, 7) is 3.86. The summed E-state index contributed by atoms with van der Waals surface area (Å²) in [6, 6.07) is 3.73. The van der Waals surface area contributed by atoms with Gasteiger partial charge in [0.2, 0.25) is 0 Å². The summed E-state index contributed by atoms with van der Waals surface area (Å²) in [7, 11) is 3.40. The lowest BCUT2D eigenvalue weighted by Gasteiger charge is -2.15. The number of likely N-dealkylation sites (N-methyl/N-ethyl adjacent to an activating group) is 1. The number of benzene rings is 1. The van der Waals surface area contributed by atoms with Gasteiger partial charge in [0.05, 0.1) is 0 Å². The molecule has 0 aliphatic carbocycles. The van der Waals surface area contributed by atoms with Gasteiger partial charge in [0.25, 0.3) is 5.91 Å². The molecular formula is C12H18N2O2. The molecule has 4 nitrogen and oxygen atoms in total. The van der Waals surface area contributed by atoms with Crippen LogP contribution in [0.2, 0.25) is 0 Å². The number of rotatable bonds is 3. The van der Waals surface area contributed by atoms with Crippen molar-refractivity contribution in [1.29, 1.82) is 0 Å². The lowest BCUT2D eigenvalue weighted by molar-refractivity contribution is -0.130. The Labute approximate surface area is 96.0 Å². The molecule has 0 fully saturated rings. The first-order valence-corrected chi connectivity index (χ1v) is 5.12. The van der Waals surface area contributed by atoms with Crippen molar-refractivity contribution in [1.82, 2.24) is 4.90 Å². The Morgan fingerprint density at radius 1 is 1.38 bits per heavy atom. The van der Waals surface area contributed by atoms with E-state index in [1.807, 2.05) is 26.0 Å². The van der Waals surface area contributed by atoms with E-state index >= 15 is 0 Å². The summed E-state index contributed by atoms with van der Waals surface area (Å²) in [5, 5.41) is 0. The average molecular weight is 222 g/mol. The summed E-state index contributed by atoms with van der Waals surface area (Å²) in [4.78, 5) is 12.9. The Kier molecular flexibility index (Phi) is 3.77. The highest BCUT2D eigenvalue weighted by Crippen LogP contribution is 2.27. The van der Waals surface area contributed by atoms with Crippen LogP contribution in [-0.2, 0) is 4.79 Å². The van der Waals surface area contributed by atoms with Gasteiger partial charge in [-0.15, -0.1) is 0 Å². The minimum atomic E-state index is -0.0683. The Morgan fingerprint density at radius 2 is 2.00 bits per heavy atom. The van der Waals surface area contributed by atoms with E-state index in [1.54, 1.807) is 14.1 Å². The van der Waals surface area contributed by atoms with Crippen LogP contribution < -0.4 is 10.5 Å². The molecule has 0 spiro atoms. The summed E-state index contributed by atoms with van der Waals surface area (Å²) in [5.41, 5.74) is 8.32. The first kappa shape index (κ1) is 12.4. The fraction of sp³-hybridized carbons (Fsp3) is 0.417. The first-order valence-electron chi connectivity index (χ1n) is 5.12. The van der Waals surface area contributed by atoms with Crippen molar-refractivity contribution in [2.24, 2.45) is 0 Å². The predicted molar refractivity (Wildman–Crippen MR) is 64.5 cm³/mol. The molecule has 88 valence electrons. The van der Waals surface area contributed by atoms with Gasteiger partial charge in [-0.3, -0.25) is 4.79 Å². The highest BCUT2D eigenvalue weighted by atomic mass is 16.5. The molecule has 1 rings (SSSR count). The zero-order valence-electron chi connectivity index (χ0n) is 10.2. The number of carbonyl (C=O) groups excluding carboxylic acids is 1. The normalized spacial score (nSPS) is 10.0. The molecule has 16 heavy (non-hydrogen) atoms. The Balaban J connectivity index is 2.82. The highest BCUT2D eigenvalue weighted by molar-refractivity contribution is 5.77. The van der Waals surface area contributed by atoms with E-state index < -0.39 is 0 Å². The smallest absolute Gasteiger partial charge is 0.259 e. The van der Waals surface area contributed by atoms with Gasteiger partial charge in [-0.2, -0.15) is 0 Å². The molecule has 0 saturated carbocycles. The lowest BCUT2D eigenvalue weighted by Crippen LogP contribution is -2.27. The monoisotopic (exact) mass is 222 g/mol. The Bertz CT molecular complexity index is 400. The van der Waals surface area contributed by atoms with Crippen LogP contribution in [0.15, 0.2) is 12.1 Å². The Hall–Kier alpha value is -1.71. The van der Waals surface area contributed by atoms with Crippen LogP contribution in [0.3, 0.4) is 0 Å². The summed E-state index contributed by atoms with van der Waals surface area (Å²) < 4.78 is 5.50. The minimum Gasteiger partial charge on any atom is -0.483 e. The molecule has 0 radical (unpaired) electrons. The predicted octanol–water partition coefficient (Wildman–Crippen LogP) is 1.35. The molecule has 4 heteroatoms. The molecule has 0 atom stereocenters. The van der Waals surface area contributed by atoms with E-state index in [2.05, 4.69) is 0 Å². The van der Waals surface area contributed by atoms with Crippen LogP contribution in [0.1, 0.15) is 11.1 Å². The maximum atomic E-state index is 11.4. The van der Waals surface area contributed by atoms with E-state index in [0.29, 0.717) is 11.4 Å². The number of nitrogens with zero attached hydrogens (tertiary/aromatic N) is 1. The Morgan fingerprint density at radius 3 is 2.56 bits per heavy atom. The second-order valence-electron chi connectivity index (χ2n) is 4.00. The summed E-state index contributed by atoms with van der Waals surface area (Å²) >= 11 is 0. The van der Waals surface area contributed by atoms with Crippen molar-refractivity contribution in [3.63, 3.8) is 0 Å². The number of nitrogens with two attached hydrogens (primary N) is 1. The van der Waals surface area contributed by atoms with Crippen molar-refractivity contribution in [2.75, 3.05) is 26.4 Å². The molecule has 0 unspecified atom stereocenters. The molecule has 0 bridgehead atoms. The van der Waals surface area contributed by atoms with Crippen LogP contribution >= 0.6 is 0 Å². The molecule has 0 heterocycles. The molecule has 1 aromatic carbocycles. The third-order valence-electron chi connectivity index (χ3n) is 2.48. The zero-order chi connectivity index (χ0) is 12.3. The third-order valence-corrected chi connectivity index (χ3v) is 2.48. The molecule has 1 amide bonds. The van der Waals surface area contributed by atoms with Crippen LogP contribution in [0, 0.1) is 13.8 Å². The standard InChI is InChI=1S/C12H18N2O2/c1-8-5-6-10(13)9(2)12(8)16-7-11(15)14(3)4/h5-6H,7,13H2,1-4H3. The molecule has 1 aromatic rings. The average Bonchev–Trinajstić information content (AvgIpc) is 2.23. The van der Waals surface area contributed by atoms with E-state index in [9.17, 15) is 4.79 Å². The second kappa shape index (κ2) is 4.88. The van der Waals surface area contributed by atoms with Crippen molar-refractivity contribution in [2.45, 2.75) is 13.8 Å². The van der Waals surface area contributed by atoms with Crippen molar-refractivity contribution >= 4 is 11.6 Å². The molecule has 0 aromatic heterocycles. The minimum absolute atomic E-state index is 0.0398. The van der Waals surface area contributed by atoms with Gasteiger partial charge in [-0.05, 0) is 25.5 Å². The van der Waals surface area contributed by atoms with Gasteiger partial charge in [0.1, 0.15) is 5.75 Å². The summed E-state index contributed by atoms with van der Waals surface area (Å²) in [5.74, 6) is 0.636. The van der Waals surface area contributed by atoms with Gasteiger partial charge in [-0.1, -0.05) is 6.07 Å². The van der Waals surface area contributed by atoms with Crippen molar-refractivity contribution in [3.8, 4) is 5.75 Å². The molecular weight excluding hydrogens is 204 g/mol. The lowest BCUT2D eigenvalue weighted by atomic mass is 10.1. The maximum Gasteiger partial charge on any atom is 0.259 e. The van der Waals surface area contributed by atoms with Crippen LogP contribution in [-0.4, -0.2) is 31.5 Å². The molecule has 0 aliphatic rings. The van der Waals surface area contributed by atoms with Gasteiger partial charge < -0.3 is 15.4 Å². The van der Waals surface area contributed by atoms with Gasteiger partial charge >= 0.3 is 0 Å². The zero-order valence-corrected chi connectivity index (χ0v) is 10.2. The van der Waals surface area contributed by atoms with E-state index in [4.69, 9.17) is 10.5 Å². The summed E-state index contributed by atoms with van der Waals surface area (Å²) in [6.07, 6.45) is 0. The quantitative estimate of drug-likeness (QED) is 0.785. The maximum absolute atomic E-state index is 11.4. The van der Waals surface area contributed by atoms with Gasteiger partial charge in [-0.25, -0.2) is 0 Å². The highest BCUT2D eigenvalue weighted by Gasteiger charge is 2.10. The second-order valence-corrected chi connectivity index (χ2v) is 4.00. The van der Waals surface area contributed by atoms with Crippen molar-refractivity contribution in [3.05, 3.63) is 23.3 Å². The fourth-order valence-electron chi connectivity index (χ4n) is 1.33. The molecule has 0 saturated heterocycles. The first-order chi connectivity index (χ1) is 7.43. The van der Waals surface area contributed by atoms with E-state index in [1.165, 1.54) is 4.90 Å². The van der Waals surface area contributed by atoms with Crippen LogP contribution in [0.5, 0.6) is 5.75 Å². The number of hydrogen-bond acceptors (Lipinski definition) is 3. The number of hydrogen-bond donors (Lipinski definition) is 1. The number of anilines is 1. The van der Waals surface area contributed by atoms with Crippen LogP contribution in [0.25, 0.3) is 0 Å². The van der Waals surface area contributed by atoms with Gasteiger partial charge in [0.15, 0.2) is 6.61 Å². The topological polar surface area (TPSA) is 55.6 Å². The number of ether oxygens (including phenoxy) is 1. The number of carbonyl (C=O) groups is 1. The third kappa shape index (κ3) is 2.66.